The summed E-state index contributed by atoms with van der Waals surface area (Å²) in [5, 5.41) is 7.51. The number of aryl methyl sites for hydroxylation is 2. The van der Waals surface area contributed by atoms with Crippen LogP contribution in [0, 0.1) is 13.8 Å². The summed E-state index contributed by atoms with van der Waals surface area (Å²) in [4.78, 5) is 2.39. The quantitative estimate of drug-likeness (QED) is 0.138. The summed E-state index contributed by atoms with van der Waals surface area (Å²) in [6.07, 6.45) is 0. The van der Waals surface area contributed by atoms with Gasteiger partial charge in [-0.3, -0.25) is 0 Å². The molecule has 0 atom stereocenters. The zero-order valence-electron chi connectivity index (χ0n) is 35.5. The minimum Gasteiger partial charge on any atom is -0.310 e. The number of hydrogen-bond acceptors (Lipinski definition) is 1. The number of rotatable bonds is 8. The predicted molar refractivity (Wildman–Crippen MR) is 270 cm³/mol. The zero-order valence-corrected chi connectivity index (χ0v) is 35.5. The van der Waals surface area contributed by atoms with Crippen molar-refractivity contribution in [1.29, 1.82) is 0 Å². The molecule has 11 aromatic carbocycles. The highest BCUT2D eigenvalue weighted by atomic mass is 15.1. The maximum absolute atomic E-state index is 2.39. The maximum Gasteiger partial charge on any atom is 0.0468 e. The fourth-order valence-electron chi connectivity index (χ4n) is 9.54. The molecule has 1 nitrogen and oxygen atoms in total. The Morgan fingerprint density at radius 2 is 0.698 bits per heavy atom. The standard InChI is InChI=1S/C62H45N/c1-42-39-50(44-13-5-3-6-14-44)29-36-56(42)57-37-30-51(40-43(57)2)45-25-31-53(32-26-45)63(55-35-38-59-52(41-55)24-23-47-17-9-10-20-58(47)59)54-33-27-48(28-34-54)61-22-12-19-49-18-11-21-60(62(49)61)46-15-7-4-8-16-46/h3-41H,1-2H3. The molecule has 0 aliphatic heterocycles. The molecule has 0 radical (unpaired) electrons. The number of nitrogens with zero attached hydrogens (tertiary/aromatic N) is 1. The first-order valence-corrected chi connectivity index (χ1v) is 21.8. The minimum absolute atomic E-state index is 1.10. The highest BCUT2D eigenvalue weighted by Crippen LogP contribution is 2.42. The Balaban J connectivity index is 0.962. The molecule has 63 heavy (non-hydrogen) atoms. The van der Waals surface area contributed by atoms with Crippen LogP contribution in [-0.2, 0) is 0 Å². The smallest absolute Gasteiger partial charge is 0.0468 e. The molecular formula is C62H45N. The molecule has 0 fully saturated rings. The van der Waals surface area contributed by atoms with Crippen molar-refractivity contribution in [3.05, 3.63) is 248 Å². The Labute approximate surface area is 369 Å². The molecule has 0 aliphatic rings. The summed E-state index contributed by atoms with van der Waals surface area (Å²) < 4.78 is 0. The van der Waals surface area contributed by atoms with Gasteiger partial charge in [0.05, 0.1) is 0 Å². The molecule has 298 valence electrons. The first-order chi connectivity index (χ1) is 31.1. The van der Waals surface area contributed by atoms with Crippen LogP contribution in [0.25, 0.3) is 88.0 Å². The van der Waals surface area contributed by atoms with Gasteiger partial charge in [-0.25, -0.2) is 0 Å². The van der Waals surface area contributed by atoms with Gasteiger partial charge >= 0.3 is 0 Å². The van der Waals surface area contributed by atoms with Crippen LogP contribution in [-0.4, -0.2) is 0 Å². The molecule has 0 aliphatic carbocycles. The van der Waals surface area contributed by atoms with Crippen LogP contribution < -0.4 is 4.90 Å². The van der Waals surface area contributed by atoms with E-state index >= 15 is 0 Å². The SMILES string of the molecule is Cc1cc(-c2ccccc2)ccc1-c1ccc(-c2ccc(N(c3ccc(-c4cccc5cccc(-c6ccccc6)c45)cc3)c3ccc4c(ccc5ccccc54)c3)cc2)cc1C. The van der Waals surface area contributed by atoms with Crippen LogP contribution in [0.2, 0.25) is 0 Å². The lowest BCUT2D eigenvalue weighted by Gasteiger charge is -2.26. The summed E-state index contributed by atoms with van der Waals surface area (Å²) >= 11 is 0. The van der Waals surface area contributed by atoms with Gasteiger partial charge in [0.15, 0.2) is 0 Å². The minimum atomic E-state index is 1.10. The van der Waals surface area contributed by atoms with Crippen LogP contribution in [0.15, 0.2) is 237 Å². The van der Waals surface area contributed by atoms with Gasteiger partial charge in [-0.1, -0.05) is 200 Å². The van der Waals surface area contributed by atoms with E-state index in [2.05, 4.69) is 255 Å². The molecule has 0 saturated carbocycles. The Morgan fingerprint density at radius 3 is 1.30 bits per heavy atom. The van der Waals surface area contributed by atoms with Gasteiger partial charge in [0.1, 0.15) is 0 Å². The van der Waals surface area contributed by atoms with Crippen molar-refractivity contribution in [2.75, 3.05) is 4.90 Å². The van der Waals surface area contributed by atoms with Gasteiger partial charge in [0.2, 0.25) is 0 Å². The van der Waals surface area contributed by atoms with Crippen molar-refractivity contribution < 1.29 is 0 Å². The molecule has 0 spiro atoms. The van der Waals surface area contributed by atoms with Crippen LogP contribution in [0.3, 0.4) is 0 Å². The Hall–Kier alpha value is -8.00. The molecule has 11 aromatic rings. The second kappa shape index (κ2) is 16.1. The van der Waals surface area contributed by atoms with E-state index in [1.165, 1.54) is 99.1 Å². The molecule has 0 bridgehead atoms. The average Bonchev–Trinajstić information content (AvgIpc) is 3.34. The molecule has 0 heterocycles. The van der Waals surface area contributed by atoms with E-state index < -0.39 is 0 Å². The lowest BCUT2D eigenvalue weighted by Crippen LogP contribution is -2.09. The largest absolute Gasteiger partial charge is 0.310 e. The predicted octanol–water partition coefficient (Wildman–Crippen LogP) is 17.6. The Kier molecular flexibility index (Phi) is 9.71. The van der Waals surface area contributed by atoms with Crippen LogP contribution in [0.5, 0.6) is 0 Å². The number of hydrogen-bond donors (Lipinski definition) is 0. The number of fused-ring (bicyclic) bond motifs is 4. The third kappa shape index (κ3) is 7.14. The van der Waals surface area contributed by atoms with E-state index in [4.69, 9.17) is 0 Å². The summed E-state index contributed by atoms with van der Waals surface area (Å²) in [5.74, 6) is 0. The molecule has 0 N–H and O–H groups in total. The second-order valence-electron chi connectivity index (χ2n) is 16.6. The number of anilines is 3. The third-order valence-corrected chi connectivity index (χ3v) is 12.7. The van der Waals surface area contributed by atoms with Gasteiger partial charge in [-0.05, 0) is 149 Å². The van der Waals surface area contributed by atoms with Gasteiger partial charge in [0, 0.05) is 17.1 Å². The third-order valence-electron chi connectivity index (χ3n) is 12.7. The number of benzene rings is 11. The highest BCUT2D eigenvalue weighted by molar-refractivity contribution is 6.09. The van der Waals surface area contributed by atoms with Gasteiger partial charge < -0.3 is 4.90 Å². The lowest BCUT2D eigenvalue weighted by atomic mass is 9.91. The van der Waals surface area contributed by atoms with Crippen molar-refractivity contribution in [2.24, 2.45) is 0 Å². The highest BCUT2D eigenvalue weighted by Gasteiger charge is 2.17. The molecule has 0 unspecified atom stereocenters. The Morgan fingerprint density at radius 1 is 0.254 bits per heavy atom. The fraction of sp³-hybridized carbons (Fsp3) is 0.0323. The van der Waals surface area contributed by atoms with Gasteiger partial charge in [0.25, 0.3) is 0 Å². The van der Waals surface area contributed by atoms with Crippen molar-refractivity contribution >= 4 is 49.4 Å². The summed E-state index contributed by atoms with van der Waals surface area (Å²) in [6, 6.07) is 86.5. The van der Waals surface area contributed by atoms with Gasteiger partial charge in [-0.2, -0.15) is 0 Å². The lowest BCUT2D eigenvalue weighted by molar-refractivity contribution is 1.29. The normalized spacial score (nSPS) is 11.3. The topological polar surface area (TPSA) is 3.24 Å². The fourth-order valence-corrected chi connectivity index (χ4v) is 9.54. The van der Waals surface area contributed by atoms with E-state index in [1.807, 2.05) is 0 Å². The van der Waals surface area contributed by atoms with E-state index in [1.54, 1.807) is 0 Å². The summed E-state index contributed by atoms with van der Waals surface area (Å²) in [7, 11) is 0. The van der Waals surface area contributed by atoms with E-state index in [0.717, 1.165) is 17.1 Å². The van der Waals surface area contributed by atoms with Crippen LogP contribution >= 0.6 is 0 Å². The van der Waals surface area contributed by atoms with E-state index in [9.17, 15) is 0 Å². The summed E-state index contributed by atoms with van der Waals surface area (Å²) in [5.41, 5.74) is 18.2. The molecule has 0 aromatic heterocycles. The van der Waals surface area contributed by atoms with E-state index in [-0.39, 0.29) is 0 Å². The maximum atomic E-state index is 2.39. The average molecular weight is 804 g/mol. The van der Waals surface area contributed by atoms with Crippen LogP contribution in [0.1, 0.15) is 11.1 Å². The first-order valence-electron chi connectivity index (χ1n) is 21.8. The first kappa shape index (κ1) is 38.0. The monoisotopic (exact) mass is 803 g/mol. The van der Waals surface area contributed by atoms with Crippen molar-refractivity contribution in [3.63, 3.8) is 0 Å². The second-order valence-corrected chi connectivity index (χ2v) is 16.6. The Bertz CT molecular complexity index is 3430. The molecule has 11 rings (SSSR count). The molecule has 0 amide bonds. The van der Waals surface area contributed by atoms with Crippen molar-refractivity contribution in [1.82, 2.24) is 0 Å². The summed E-state index contributed by atoms with van der Waals surface area (Å²) in [6.45, 7) is 4.45. The molecule has 0 saturated heterocycles. The molecular weight excluding hydrogens is 759 g/mol. The van der Waals surface area contributed by atoms with Crippen molar-refractivity contribution in [2.45, 2.75) is 13.8 Å². The van der Waals surface area contributed by atoms with E-state index in [0.29, 0.717) is 0 Å². The zero-order chi connectivity index (χ0) is 42.3. The van der Waals surface area contributed by atoms with Crippen molar-refractivity contribution in [3.8, 4) is 55.6 Å². The van der Waals surface area contributed by atoms with Gasteiger partial charge in [-0.15, -0.1) is 0 Å². The molecule has 1 heteroatoms. The van der Waals surface area contributed by atoms with Crippen LogP contribution in [0.4, 0.5) is 17.1 Å².